The number of aliphatic hydroxyl groups is 1. The third-order valence-electron chi connectivity index (χ3n) is 5.69. The fraction of sp³-hybridized carbons (Fsp3) is 0.160. The van der Waals surface area contributed by atoms with Crippen molar-refractivity contribution >= 4 is 17.4 Å². The van der Waals surface area contributed by atoms with Gasteiger partial charge >= 0.3 is 0 Å². The number of likely N-dealkylation sites (tertiary alicyclic amines) is 1. The number of aliphatic hydroxyl groups excluding tert-OH is 1. The van der Waals surface area contributed by atoms with E-state index in [1.54, 1.807) is 62.0 Å². The van der Waals surface area contributed by atoms with Gasteiger partial charge < -0.3 is 24.2 Å². The Kier molecular flexibility index (Phi) is 5.18. The topological polar surface area (TPSA) is 98.2 Å². The minimum atomic E-state index is -0.787. The fourth-order valence-electron chi connectivity index (χ4n) is 4.10. The van der Waals surface area contributed by atoms with Gasteiger partial charge in [-0.2, -0.15) is 0 Å². The first-order valence-electron chi connectivity index (χ1n) is 10.3. The van der Waals surface area contributed by atoms with Crippen LogP contribution in [-0.4, -0.2) is 40.6 Å². The number of rotatable bonds is 5. The van der Waals surface area contributed by atoms with E-state index in [9.17, 15) is 14.7 Å². The minimum Gasteiger partial charge on any atom is -0.507 e. The normalized spacial score (nSPS) is 18.6. The molecule has 0 aliphatic carbocycles. The fourth-order valence-corrected chi connectivity index (χ4v) is 4.10. The number of ketones is 1. The van der Waals surface area contributed by atoms with Crippen LogP contribution in [0.2, 0.25) is 0 Å². The van der Waals surface area contributed by atoms with Crippen LogP contribution in [0, 0.1) is 0 Å². The molecule has 0 saturated carbocycles. The van der Waals surface area contributed by atoms with Crippen molar-refractivity contribution in [3.8, 4) is 17.2 Å². The maximum absolute atomic E-state index is 13.2. The number of hydrogen-bond acceptors (Lipinski definition) is 7. The number of aromatic nitrogens is 1. The van der Waals surface area contributed by atoms with Crippen LogP contribution in [0.1, 0.15) is 22.7 Å². The Balaban J connectivity index is 1.61. The largest absolute Gasteiger partial charge is 0.507 e. The van der Waals surface area contributed by atoms with Crippen molar-refractivity contribution in [3.63, 3.8) is 0 Å². The van der Waals surface area contributed by atoms with Crippen LogP contribution in [0.3, 0.4) is 0 Å². The van der Waals surface area contributed by atoms with E-state index < -0.39 is 17.7 Å². The van der Waals surface area contributed by atoms with E-state index >= 15 is 0 Å². The van der Waals surface area contributed by atoms with E-state index in [4.69, 9.17) is 14.2 Å². The van der Waals surface area contributed by atoms with Crippen molar-refractivity contribution in [2.75, 3.05) is 13.9 Å². The molecule has 1 aromatic heterocycles. The van der Waals surface area contributed by atoms with Crippen molar-refractivity contribution < 1.29 is 28.9 Å². The molecule has 1 amide bonds. The Hall–Kier alpha value is -4.33. The van der Waals surface area contributed by atoms with Gasteiger partial charge in [0.05, 0.1) is 18.7 Å². The van der Waals surface area contributed by atoms with Crippen LogP contribution in [0.15, 0.2) is 72.6 Å². The average molecular weight is 444 g/mol. The Bertz CT molecular complexity index is 1270. The molecule has 8 heteroatoms. The van der Waals surface area contributed by atoms with Gasteiger partial charge in [-0.05, 0) is 53.6 Å². The first kappa shape index (κ1) is 20.6. The average Bonchev–Trinajstić information content (AvgIpc) is 3.42. The van der Waals surface area contributed by atoms with Crippen molar-refractivity contribution in [1.82, 2.24) is 9.88 Å². The van der Waals surface area contributed by atoms with Crippen LogP contribution < -0.4 is 14.2 Å². The van der Waals surface area contributed by atoms with Crippen LogP contribution >= 0.6 is 0 Å². The van der Waals surface area contributed by atoms with Gasteiger partial charge in [-0.25, -0.2) is 0 Å². The van der Waals surface area contributed by atoms with E-state index in [1.807, 2.05) is 12.1 Å². The number of benzene rings is 2. The lowest BCUT2D eigenvalue weighted by Crippen LogP contribution is -2.29. The highest BCUT2D eigenvalue weighted by molar-refractivity contribution is 6.46. The number of carbonyl (C=O) groups excluding carboxylic acids is 2. The highest BCUT2D eigenvalue weighted by atomic mass is 16.7. The number of Topliss-reactive ketones (excluding diaryl/α,β-unsaturated/α-hetero) is 1. The van der Waals surface area contributed by atoms with Gasteiger partial charge in [-0.3, -0.25) is 14.6 Å². The van der Waals surface area contributed by atoms with Gasteiger partial charge in [-0.1, -0.05) is 12.1 Å². The van der Waals surface area contributed by atoms with Crippen LogP contribution in [-0.2, 0) is 16.1 Å². The van der Waals surface area contributed by atoms with E-state index in [0.717, 1.165) is 5.56 Å². The number of pyridine rings is 1. The molecule has 0 spiro atoms. The summed E-state index contributed by atoms with van der Waals surface area (Å²) in [6.45, 7) is 0.244. The van der Waals surface area contributed by atoms with Crippen molar-refractivity contribution in [2.45, 2.75) is 12.6 Å². The molecular weight excluding hydrogens is 424 g/mol. The van der Waals surface area contributed by atoms with Gasteiger partial charge in [-0.15, -0.1) is 0 Å². The maximum Gasteiger partial charge on any atom is 0.295 e. The molecule has 33 heavy (non-hydrogen) atoms. The lowest BCUT2D eigenvalue weighted by Gasteiger charge is -2.25. The van der Waals surface area contributed by atoms with Crippen LogP contribution in [0.4, 0.5) is 0 Å². The Labute approximate surface area is 189 Å². The van der Waals surface area contributed by atoms with Crippen molar-refractivity contribution in [3.05, 3.63) is 89.3 Å². The maximum atomic E-state index is 13.2. The number of ether oxygens (including phenoxy) is 3. The Morgan fingerprint density at radius 2 is 1.88 bits per heavy atom. The molecule has 8 nitrogen and oxygen atoms in total. The lowest BCUT2D eigenvalue weighted by atomic mass is 9.95. The highest BCUT2D eigenvalue weighted by Crippen LogP contribution is 2.42. The molecule has 166 valence electrons. The monoisotopic (exact) mass is 444 g/mol. The van der Waals surface area contributed by atoms with Gasteiger partial charge in [0.15, 0.2) is 11.5 Å². The summed E-state index contributed by atoms with van der Waals surface area (Å²) in [7, 11) is 1.56. The molecule has 2 aliphatic rings. The molecule has 1 N–H and O–H groups in total. The SMILES string of the molecule is COc1cccc(CN2C(=O)C(=O)/C(=C(\O)c3ccc4c(c3)OCO4)C2c2ccncc2)c1. The molecule has 2 aromatic carbocycles. The molecule has 2 aliphatic heterocycles. The molecule has 3 aromatic rings. The van der Waals surface area contributed by atoms with Crippen molar-refractivity contribution in [1.29, 1.82) is 0 Å². The molecule has 1 saturated heterocycles. The summed E-state index contributed by atoms with van der Waals surface area (Å²) < 4.78 is 16.0. The number of carbonyl (C=O) groups is 2. The molecule has 0 radical (unpaired) electrons. The van der Waals surface area contributed by atoms with Crippen molar-refractivity contribution in [2.24, 2.45) is 0 Å². The summed E-state index contributed by atoms with van der Waals surface area (Å²) in [4.78, 5) is 31.8. The lowest BCUT2D eigenvalue weighted by molar-refractivity contribution is -0.140. The van der Waals surface area contributed by atoms with Gasteiger partial charge in [0.25, 0.3) is 11.7 Å². The summed E-state index contributed by atoms with van der Waals surface area (Å²) in [5.74, 6) is -0.0656. The zero-order valence-corrected chi connectivity index (χ0v) is 17.7. The van der Waals surface area contributed by atoms with Gasteiger partial charge in [0.1, 0.15) is 11.5 Å². The standard InChI is InChI=1S/C25H20N2O6/c1-31-18-4-2-3-15(11-18)13-27-22(16-7-9-26-10-8-16)21(24(29)25(27)30)23(28)17-5-6-19-20(12-17)33-14-32-19/h2-12,22,28H,13-14H2,1H3/b23-21-. The second kappa shape index (κ2) is 8.31. The molecule has 1 atom stereocenters. The van der Waals surface area contributed by atoms with Gasteiger partial charge in [0, 0.05) is 24.5 Å². The second-order valence-electron chi connectivity index (χ2n) is 7.63. The Morgan fingerprint density at radius 3 is 2.67 bits per heavy atom. The predicted molar refractivity (Wildman–Crippen MR) is 118 cm³/mol. The summed E-state index contributed by atoms with van der Waals surface area (Å²) in [6.07, 6.45) is 3.17. The summed E-state index contributed by atoms with van der Waals surface area (Å²) in [6, 6.07) is 14.8. The number of hydrogen-bond donors (Lipinski definition) is 1. The van der Waals surface area contributed by atoms with E-state index in [1.165, 1.54) is 4.90 Å². The third-order valence-corrected chi connectivity index (χ3v) is 5.69. The molecule has 1 unspecified atom stereocenters. The van der Waals surface area contributed by atoms with Crippen LogP contribution in [0.25, 0.3) is 5.76 Å². The summed E-state index contributed by atoms with van der Waals surface area (Å²) in [5, 5.41) is 11.2. The Morgan fingerprint density at radius 1 is 1.09 bits per heavy atom. The molecule has 0 bridgehead atoms. The minimum absolute atomic E-state index is 0.00737. The number of nitrogens with zero attached hydrogens (tertiary/aromatic N) is 2. The molecular formula is C25H20N2O6. The van der Waals surface area contributed by atoms with E-state index in [0.29, 0.717) is 28.4 Å². The summed E-state index contributed by atoms with van der Waals surface area (Å²) in [5.41, 5.74) is 1.82. The second-order valence-corrected chi connectivity index (χ2v) is 7.63. The first-order valence-corrected chi connectivity index (χ1v) is 10.3. The third kappa shape index (κ3) is 3.65. The summed E-state index contributed by atoms with van der Waals surface area (Å²) >= 11 is 0. The van der Waals surface area contributed by atoms with E-state index in [-0.39, 0.29) is 24.7 Å². The number of fused-ring (bicyclic) bond motifs is 1. The zero-order valence-electron chi connectivity index (χ0n) is 17.7. The predicted octanol–water partition coefficient (Wildman–Crippen LogP) is 3.44. The molecule has 1 fully saturated rings. The number of amides is 1. The van der Waals surface area contributed by atoms with E-state index in [2.05, 4.69) is 4.98 Å². The van der Waals surface area contributed by atoms with Gasteiger partial charge in [0.2, 0.25) is 6.79 Å². The van der Waals surface area contributed by atoms with Crippen LogP contribution in [0.5, 0.6) is 17.2 Å². The first-order chi connectivity index (χ1) is 16.1. The quantitative estimate of drug-likeness (QED) is 0.366. The smallest absolute Gasteiger partial charge is 0.295 e. The number of methoxy groups -OCH3 is 1. The molecule has 3 heterocycles. The zero-order chi connectivity index (χ0) is 22.9. The highest BCUT2D eigenvalue weighted by Gasteiger charge is 2.46. The molecule has 5 rings (SSSR count).